The van der Waals surface area contributed by atoms with Crippen LogP contribution >= 0.6 is 0 Å². The second kappa shape index (κ2) is 5.12. The van der Waals surface area contributed by atoms with Gasteiger partial charge in [-0.15, -0.1) is 3.89 Å². The maximum Gasteiger partial charge on any atom is 0.356 e. The summed E-state index contributed by atoms with van der Waals surface area (Å²) < 4.78 is 33.7. The Morgan fingerprint density at radius 1 is 1.45 bits per heavy atom. The van der Waals surface area contributed by atoms with E-state index in [0.29, 0.717) is 0 Å². The summed E-state index contributed by atoms with van der Waals surface area (Å²) >= 11 is 0. The Labute approximate surface area is 113 Å². The SMILES string of the molecule is O=C(O)c1cnc(N2CC(CS(=O)(=O)F)CC2=O)cn1. The first kappa shape index (κ1) is 14.3. The summed E-state index contributed by atoms with van der Waals surface area (Å²) in [4.78, 5) is 30.9. The first-order valence-electron chi connectivity index (χ1n) is 5.54. The van der Waals surface area contributed by atoms with E-state index in [1.165, 1.54) is 0 Å². The van der Waals surface area contributed by atoms with Crippen LogP contribution in [0.3, 0.4) is 0 Å². The van der Waals surface area contributed by atoms with Crippen LogP contribution in [0, 0.1) is 5.92 Å². The van der Waals surface area contributed by atoms with Crippen LogP contribution in [0.25, 0.3) is 0 Å². The average molecular weight is 303 g/mol. The second-order valence-corrected chi connectivity index (χ2v) is 5.76. The Kier molecular flexibility index (Phi) is 3.66. The summed E-state index contributed by atoms with van der Waals surface area (Å²) in [5.41, 5.74) is -0.275. The molecule has 1 aliphatic heterocycles. The minimum atomic E-state index is -4.65. The van der Waals surface area contributed by atoms with E-state index >= 15 is 0 Å². The fourth-order valence-corrected chi connectivity index (χ4v) is 2.75. The molecule has 0 aromatic carbocycles. The van der Waals surface area contributed by atoms with Crippen molar-refractivity contribution in [2.45, 2.75) is 6.42 Å². The third-order valence-corrected chi connectivity index (χ3v) is 3.64. The molecule has 1 aliphatic rings. The number of carboxylic acids is 1. The van der Waals surface area contributed by atoms with Crippen molar-refractivity contribution in [2.75, 3.05) is 17.2 Å². The second-order valence-electron chi connectivity index (χ2n) is 4.34. The van der Waals surface area contributed by atoms with E-state index in [1.807, 2.05) is 0 Å². The minimum absolute atomic E-state index is 0.00306. The molecule has 1 aromatic heterocycles. The van der Waals surface area contributed by atoms with Crippen molar-refractivity contribution < 1.29 is 27.0 Å². The molecule has 8 nitrogen and oxygen atoms in total. The fourth-order valence-electron chi connectivity index (χ4n) is 1.97. The zero-order valence-corrected chi connectivity index (χ0v) is 10.9. The molecule has 1 atom stereocenters. The number of carbonyl (C=O) groups excluding carboxylic acids is 1. The third kappa shape index (κ3) is 3.26. The molecule has 1 fully saturated rings. The predicted molar refractivity (Wildman–Crippen MR) is 64.3 cm³/mol. The highest BCUT2D eigenvalue weighted by molar-refractivity contribution is 7.86. The molecule has 20 heavy (non-hydrogen) atoms. The predicted octanol–water partition coefficient (Wildman–Crippen LogP) is -0.173. The van der Waals surface area contributed by atoms with Gasteiger partial charge in [0.1, 0.15) is 0 Å². The monoisotopic (exact) mass is 303 g/mol. The van der Waals surface area contributed by atoms with Crippen molar-refractivity contribution in [3.63, 3.8) is 0 Å². The van der Waals surface area contributed by atoms with Crippen LogP contribution in [0.4, 0.5) is 9.70 Å². The largest absolute Gasteiger partial charge is 0.476 e. The summed E-state index contributed by atoms with van der Waals surface area (Å²) in [5.74, 6) is -2.93. The Bertz CT molecular complexity index is 645. The van der Waals surface area contributed by atoms with Gasteiger partial charge in [0, 0.05) is 18.9 Å². The maximum atomic E-state index is 12.6. The molecule has 1 N–H and O–H groups in total. The van der Waals surface area contributed by atoms with Crippen molar-refractivity contribution in [2.24, 2.45) is 5.92 Å². The number of carboxylic acid groups (broad SMARTS) is 1. The molecule has 2 rings (SSSR count). The topological polar surface area (TPSA) is 118 Å². The first-order valence-corrected chi connectivity index (χ1v) is 7.09. The summed E-state index contributed by atoms with van der Waals surface area (Å²) in [6, 6.07) is 0. The molecule has 1 unspecified atom stereocenters. The highest BCUT2D eigenvalue weighted by Crippen LogP contribution is 2.24. The number of rotatable bonds is 4. The Morgan fingerprint density at radius 2 is 2.15 bits per heavy atom. The summed E-state index contributed by atoms with van der Waals surface area (Å²) in [6.45, 7) is 0.00306. The molecule has 0 bridgehead atoms. The third-order valence-electron chi connectivity index (χ3n) is 2.77. The van der Waals surface area contributed by atoms with Crippen molar-refractivity contribution >= 4 is 27.9 Å². The molecule has 1 amide bonds. The van der Waals surface area contributed by atoms with Crippen molar-refractivity contribution in [3.05, 3.63) is 18.1 Å². The Morgan fingerprint density at radius 3 is 2.65 bits per heavy atom. The molecular weight excluding hydrogens is 293 g/mol. The lowest BCUT2D eigenvalue weighted by Gasteiger charge is -2.14. The smallest absolute Gasteiger partial charge is 0.356 e. The number of carbonyl (C=O) groups is 2. The molecule has 2 heterocycles. The van der Waals surface area contributed by atoms with Gasteiger partial charge in [0.2, 0.25) is 5.91 Å². The van der Waals surface area contributed by atoms with E-state index in [0.717, 1.165) is 17.3 Å². The van der Waals surface area contributed by atoms with Gasteiger partial charge in [-0.2, -0.15) is 8.42 Å². The fraction of sp³-hybridized carbons (Fsp3) is 0.400. The molecule has 0 spiro atoms. The summed E-state index contributed by atoms with van der Waals surface area (Å²) in [6.07, 6.45) is 1.99. The van der Waals surface area contributed by atoms with Gasteiger partial charge < -0.3 is 5.11 Å². The normalized spacial score (nSPS) is 19.4. The van der Waals surface area contributed by atoms with Crippen LogP contribution < -0.4 is 4.90 Å². The highest BCUT2D eigenvalue weighted by atomic mass is 32.3. The minimum Gasteiger partial charge on any atom is -0.476 e. The Hall–Kier alpha value is -2.10. The van der Waals surface area contributed by atoms with Gasteiger partial charge in [0.25, 0.3) is 0 Å². The van der Waals surface area contributed by atoms with Crippen molar-refractivity contribution in [1.82, 2.24) is 9.97 Å². The lowest BCUT2D eigenvalue weighted by atomic mass is 10.1. The molecule has 0 aliphatic carbocycles. The van der Waals surface area contributed by atoms with E-state index in [2.05, 4.69) is 9.97 Å². The van der Waals surface area contributed by atoms with Gasteiger partial charge in [0.15, 0.2) is 11.5 Å². The number of amides is 1. The van der Waals surface area contributed by atoms with Gasteiger partial charge in [-0.1, -0.05) is 0 Å². The molecule has 0 radical (unpaired) electrons. The van der Waals surface area contributed by atoms with Crippen LogP contribution in [0.1, 0.15) is 16.9 Å². The van der Waals surface area contributed by atoms with Crippen LogP contribution in [0.15, 0.2) is 12.4 Å². The number of nitrogens with zero attached hydrogens (tertiary/aromatic N) is 3. The quantitative estimate of drug-likeness (QED) is 0.767. The summed E-state index contributed by atoms with van der Waals surface area (Å²) in [5, 5.41) is 8.67. The standard InChI is InChI=1S/C10H10FN3O5S/c11-20(18,19)5-6-1-9(15)14(4-6)8-3-12-7(2-13-8)10(16)17/h2-3,6H,1,4-5H2,(H,16,17). The number of aromatic carboxylic acids is 1. The number of hydrogen-bond acceptors (Lipinski definition) is 6. The number of aromatic nitrogens is 2. The molecule has 108 valence electrons. The lowest BCUT2D eigenvalue weighted by Crippen LogP contribution is -2.26. The molecule has 1 aromatic rings. The van der Waals surface area contributed by atoms with E-state index in [1.54, 1.807) is 0 Å². The van der Waals surface area contributed by atoms with Gasteiger partial charge in [-0.3, -0.25) is 9.69 Å². The lowest BCUT2D eigenvalue weighted by molar-refractivity contribution is -0.117. The molecule has 0 saturated carbocycles. The van der Waals surface area contributed by atoms with Gasteiger partial charge in [-0.05, 0) is 0 Å². The van der Waals surface area contributed by atoms with Crippen LogP contribution in [0.2, 0.25) is 0 Å². The van der Waals surface area contributed by atoms with Gasteiger partial charge in [0.05, 0.1) is 18.1 Å². The van der Waals surface area contributed by atoms with E-state index < -0.39 is 33.8 Å². The maximum absolute atomic E-state index is 12.6. The Balaban J connectivity index is 2.13. The zero-order valence-electron chi connectivity index (χ0n) is 10.1. The number of anilines is 1. The molecule has 10 heteroatoms. The highest BCUT2D eigenvalue weighted by Gasteiger charge is 2.34. The number of halogens is 1. The zero-order chi connectivity index (χ0) is 14.9. The van der Waals surface area contributed by atoms with Gasteiger partial charge >= 0.3 is 16.2 Å². The first-order chi connectivity index (χ1) is 9.26. The van der Waals surface area contributed by atoms with E-state index in [9.17, 15) is 21.9 Å². The van der Waals surface area contributed by atoms with E-state index in [4.69, 9.17) is 5.11 Å². The molecular formula is C10H10FN3O5S. The van der Waals surface area contributed by atoms with Crippen molar-refractivity contribution in [1.29, 1.82) is 0 Å². The average Bonchev–Trinajstić information content (AvgIpc) is 2.67. The van der Waals surface area contributed by atoms with Crippen LogP contribution in [-0.2, 0) is 15.0 Å². The van der Waals surface area contributed by atoms with Crippen LogP contribution in [0.5, 0.6) is 0 Å². The van der Waals surface area contributed by atoms with Gasteiger partial charge in [-0.25, -0.2) is 14.8 Å². The molecule has 1 saturated heterocycles. The number of hydrogen-bond donors (Lipinski definition) is 1. The summed E-state index contributed by atoms with van der Waals surface area (Å²) in [7, 11) is -4.65. The van der Waals surface area contributed by atoms with Crippen molar-refractivity contribution in [3.8, 4) is 0 Å². The van der Waals surface area contributed by atoms with E-state index in [-0.39, 0.29) is 24.5 Å². The van der Waals surface area contributed by atoms with Crippen LogP contribution in [-0.4, -0.2) is 47.7 Å².